The van der Waals surface area contributed by atoms with E-state index >= 15 is 0 Å². The molecule has 236 valence electrons. The lowest BCUT2D eigenvalue weighted by molar-refractivity contribution is 0.0965. The zero-order valence-electron chi connectivity index (χ0n) is 26.3. The number of carbonyl (C=O) groups is 1. The molecule has 2 fully saturated rings. The molecular weight excluding hydrogens is 572 g/mol. The minimum Gasteiger partial charge on any atom is -0.508 e. The van der Waals surface area contributed by atoms with Crippen molar-refractivity contribution in [1.29, 1.82) is 0 Å². The van der Waals surface area contributed by atoms with Crippen molar-refractivity contribution in [2.75, 3.05) is 62.2 Å². The lowest BCUT2D eigenvalue weighted by Crippen LogP contribution is -2.49. The number of ether oxygens (including phenoxy) is 1. The normalized spacial score (nSPS) is 21.8. The van der Waals surface area contributed by atoms with E-state index in [9.17, 15) is 9.90 Å². The predicted molar refractivity (Wildman–Crippen MR) is 182 cm³/mol. The van der Waals surface area contributed by atoms with E-state index in [0.29, 0.717) is 13.2 Å². The summed E-state index contributed by atoms with van der Waals surface area (Å²) in [6.45, 7) is 8.87. The summed E-state index contributed by atoms with van der Waals surface area (Å²) in [4.78, 5) is 19.6. The van der Waals surface area contributed by atoms with Crippen LogP contribution in [0.1, 0.15) is 57.3 Å². The van der Waals surface area contributed by atoms with Gasteiger partial charge in [-0.25, -0.2) is 0 Å². The van der Waals surface area contributed by atoms with E-state index in [0.717, 1.165) is 67.6 Å². The van der Waals surface area contributed by atoms with Gasteiger partial charge in [-0.05, 0) is 71.8 Å². The van der Waals surface area contributed by atoms with Gasteiger partial charge in [0, 0.05) is 92.8 Å². The zero-order valence-corrected chi connectivity index (χ0v) is 26.3. The number of hydrogen-bond donors (Lipinski definition) is 2. The third kappa shape index (κ3) is 5.69. The van der Waals surface area contributed by atoms with Gasteiger partial charge in [0.15, 0.2) is 0 Å². The summed E-state index contributed by atoms with van der Waals surface area (Å²) in [6.07, 6.45) is 2.45. The number of piperidine rings is 1. The van der Waals surface area contributed by atoms with Gasteiger partial charge < -0.3 is 25.0 Å². The molecule has 4 aliphatic heterocycles. The van der Waals surface area contributed by atoms with Gasteiger partial charge in [0.05, 0.1) is 6.61 Å². The molecule has 0 aromatic heterocycles. The average molecular weight is 615 g/mol. The van der Waals surface area contributed by atoms with Gasteiger partial charge >= 0.3 is 0 Å². The first-order valence-electron chi connectivity index (χ1n) is 16.8. The standard InChI is InChI=1S/C39H42N4O3/c44-33-11-13-35-37(23-33)46-26-36(28-4-2-1-3-5-28)38(35)29-6-8-31(9-7-29)42-16-14-27(15-17-42)25-41-18-20-43(21-19-41)32-10-12-34-30(22-32)24-40-39(34)45/h1-13,22-23,27,36,38,44H,14-21,24-26H2,(H,40,45)/t36-,38?/m1/s1. The molecule has 0 spiro atoms. The van der Waals surface area contributed by atoms with Crippen molar-refractivity contribution in [3.8, 4) is 11.5 Å². The predicted octanol–water partition coefficient (Wildman–Crippen LogP) is 5.98. The number of nitrogens with one attached hydrogen (secondary N) is 1. The maximum absolute atomic E-state index is 11.9. The molecule has 0 bridgehead atoms. The fourth-order valence-electron chi connectivity index (χ4n) is 8.03. The Morgan fingerprint density at radius 1 is 0.761 bits per heavy atom. The molecule has 4 aromatic carbocycles. The van der Waals surface area contributed by atoms with Crippen LogP contribution < -0.4 is 19.9 Å². The van der Waals surface area contributed by atoms with Crippen LogP contribution in [0.25, 0.3) is 0 Å². The minimum absolute atomic E-state index is 0.0510. The fraction of sp³-hybridized carbons (Fsp3) is 0.359. The number of nitrogens with zero attached hydrogens (tertiary/aromatic N) is 3. The molecule has 2 atom stereocenters. The number of anilines is 2. The minimum atomic E-state index is 0.0510. The van der Waals surface area contributed by atoms with Gasteiger partial charge in [0.1, 0.15) is 11.5 Å². The molecule has 2 N–H and O–H groups in total. The summed E-state index contributed by atoms with van der Waals surface area (Å²) in [5.74, 6) is 2.18. The Morgan fingerprint density at radius 2 is 1.50 bits per heavy atom. The number of carbonyl (C=O) groups excluding carboxylic acids is 1. The van der Waals surface area contributed by atoms with Crippen LogP contribution in [0.4, 0.5) is 11.4 Å². The maximum atomic E-state index is 11.9. The molecule has 4 heterocycles. The quantitative estimate of drug-likeness (QED) is 0.279. The summed E-state index contributed by atoms with van der Waals surface area (Å²) in [7, 11) is 0. The molecule has 8 rings (SSSR count). The first-order valence-corrected chi connectivity index (χ1v) is 16.8. The highest BCUT2D eigenvalue weighted by molar-refractivity contribution is 5.98. The van der Waals surface area contributed by atoms with Gasteiger partial charge in [-0.1, -0.05) is 48.5 Å². The van der Waals surface area contributed by atoms with E-state index in [1.807, 2.05) is 12.1 Å². The van der Waals surface area contributed by atoms with Gasteiger partial charge in [-0.3, -0.25) is 9.69 Å². The first-order chi connectivity index (χ1) is 22.6. The van der Waals surface area contributed by atoms with E-state index in [2.05, 4.69) is 86.7 Å². The van der Waals surface area contributed by atoms with E-state index in [1.165, 1.54) is 41.9 Å². The molecule has 4 aromatic rings. The molecule has 0 aliphatic carbocycles. The molecular formula is C39H42N4O3. The number of phenolic OH excluding ortho intramolecular Hbond substituents is 1. The zero-order chi connectivity index (χ0) is 31.0. The molecule has 7 heteroatoms. The Balaban J connectivity index is 0.877. The van der Waals surface area contributed by atoms with Crippen molar-refractivity contribution in [3.63, 3.8) is 0 Å². The second-order valence-electron chi connectivity index (χ2n) is 13.4. The Labute approximate surface area is 271 Å². The van der Waals surface area contributed by atoms with E-state index < -0.39 is 0 Å². The smallest absolute Gasteiger partial charge is 0.251 e. The van der Waals surface area contributed by atoms with Crippen LogP contribution in [-0.4, -0.2) is 68.3 Å². The van der Waals surface area contributed by atoms with Gasteiger partial charge in [0.2, 0.25) is 0 Å². The van der Waals surface area contributed by atoms with Crippen LogP contribution in [0.15, 0.2) is 91.0 Å². The lowest BCUT2D eigenvalue weighted by atomic mass is 9.76. The molecule has 0 radical (unpaired) electrons. The number of hydrogen-bond acceptors (Lipinski definition) is 6. The Kier molecular flexibility index (Phi) is 7.78. The van der Waals surface area contributed by atoms with Crippen LogP contribution in [0.3, 0.4) is 0 Å². The van der Waals surface area contributed by atoms with Gasteiger partial charge in [-0.15, -0.1) is 0 Å². The van der Waals surface area contributed by atoms with Crippen LogP contribution in [0.2, 0.25) is 0 Å². The second kappa shape index (κ2) is 12.4. The molecule has 0 saturated carbocycles. The Bertz CT molecular complexity index is 1690. The summed E-state index contributed by atoms with van der Waals surface area (Å²) >= 11 is 0. The molecule has 1 amide bonds. The third-order valence-electron chi connectivity index (χ3n) is 10.6. The van der Waals surface area contributed by atoms with Crippen LogP contribution >= 0.6 is 0 Å². The molecule has 4 aliphatic rings. The summed E-state index contributed by atoms with van der Waals surface area (Å²) in [5, 5.41) is 13.0. The fourth-order valence-corrected chi connectivity index (χ4v) is 8.03. The number of piperazine rings is 1. The monoisotopic (exact) mass is 614 g/mol. The van der Waals surface area contributed by atoms with Crippen molar-refractivity contribution in [2.24, 2.45) is 5.92 Å². The molecule has 46 heavy (non-hydrogen) atoms. The average Bonchev–Trinajstić information content (AvgIpc) is 3.48. The lowest BCUT2D eigenvalue weighted by Gasteiger charge is -2.40. The molecule has 1 unspecified atom stereocenters. The van der Waals surface area contributed by atoms with Crippen LogP contribution in [-0.2, 0) is 6.54 Å². The van der Waals surface area contributed by atoms with Crippen molar-refractivity contribution in [1.82, 2.24) is 10.2 Å². The maximum Gasteiger partial charge on any atom is 0.251 e. The third-order valence-corrected chi connectivity index (χ3v) is 10.6. The highest BCUT2D eigenvalue weighted by atomic mass is 16.5. The van der Waals surface area contributed by atoms with Crippen molar-refractivity contribution in [2.45, 2.75) is 31.2 Å². The topological polar surface area (TPSA) is 68.3 Å². The first kappa shape index (κ1) is 28.9. The van der Waals surface area contributed by atoms with E-state index in [4.69, 9.17) is 4.74 Å². The van der Waals surface area contributed by atoms with Crippen molar-refractivity contribution in [3.05, 3.63) is 119 Å². The number of amides is 1. The Morgan fingerprint density at radius 3 is 2.28 bits per heavy atom. The summed E-state index contributed by atoms with van der Waals surface area (Å²) in [6, 6.07) is 31.7. The molecule has 2 saturated heterocycles. The van der Waals surface area contributed by atoms with Gasteiger partial charge in [0.25, 0.3) is 5.91 Å². The number of rotatable bonds is 6. The Hall–Kier alpha value is -4.49. The van der Waals surface area contributed by atoms with Crippen molar-refractivity contribution < 1.29 is 14.6 Å². The van der Waals surface area contributed by atoms with E-state index in [-0.39, 0.29) is 23.5 Å². The largest absolute Gasteiger partial charge is 0.508 e. The van der Waals surface area contributed by atoms with Crippen LogP contribution in [0.5, 0.6) is 11.5 Å². The SMILES string of the molecule is O=C1NCc2cc(N3CCN(CC4CCN(c5ccc(C6c7ccc(O)cc7OC[C@@H]6c6ccccc6)cc5)CC4)CC3)ccc21. The number of aromatic hydroxyl groups is 1. The van der Waals surface area contributed by atoms with E-state index in [1.54, 1.807) is 12.1 Å². The summed E-state index contributed by atoms with van der Waals surface area (Å²) in [5.41, 5.74) is 8.19. The van der Waals surface area contributed by atoms with Gasteiger partial charge in [-0.2, -0.15) is 0 Å². The number of fused-ring (bicyclic) bond motifs is 2. The van der Waals surface area contributed by atoms with Crippen molar-refractivity contribution >= 4 is 17.3 Å². The number of benzene rings is 4. The number of phenols is 1. The summed E-state index contributed by atoms with van der Waals surface area (Å²) < 4.78 is 6.16. The highest BCUT2D eigenvalue weighted by Crippen LogP contribution is 2.47. The second-order valence-corrected chi connectivity index (χ2v) is 13.4. The van der Waals surface area contributed by atoms with Crippen LogP contribution in [0, 0.1) is 5.92 Å². The highest BCUT2D eigenvalue weighted by Gasteiger charge is 2.34. The molecule has 7 nitrogen and oxygen atoms in total.